The van der Waals surface area contributed by atoms with Crippen LogP contribution >= 0.6 is 11.6 Å². The van der Waals surface area contributed by atoms with E-state index in [1.165, 1.54) is 22.8 Å². The first-order valence-corrected chi connectivity index (χ1v) is 6.54. The molecule has 2 heterocycles. The molecule has 0 aliphatic carbocycles. The van der Waals surface area contributed by atoms with Gasteiger partial charge in [0, 0.05) is 29.5 Å². The summed E-state index contributed by atoms with van der Waals surface area (Å²) in [4.78, 5) is 16.2. The Morgan fingerprint density at radius 3 is 3.05 bits per heavy atom. The van der Waals surface area contributed by atoms with Gasteiger partial charge in [0.05, 0.1) is 6.20 Å². The zero-order valence-electron chi connectivity index (χ0n) is 10.8. The Balaban J connectivity index is 1.81. The number of amides is 1. The molecule has 0 fully saturated rings. The molecule has 5 nitrogen and oxygen atoms in total. The first kappa shape index (κ1) is 13.5. The molecule has 7 heteroatoms. The highest BCUT2D eigenvalue weighted by atomic mass is 35.5. The minimum atomic E-state index is -0.458. The fourth-order valence-corrected chi connectivity index (χ4v) is 2.18. The Bertz CT molecular complexity index is 797. The molecule has 1 aromatic carbocycles. The van der Waals surface area contributed by atoms with Crippen LogP contribution in [0.3, 0.4) is 0 Å². The molecule has 106 valence electrons. The van der Waals surface area contributed by atoms with Gasteiger partial charge in [-0.05, 0) is 18.2 Å². The van der Waals surface area contributed by atoms with Gasteiger partial charge in [-0.3, -0.25) is 4.79 Å². The number of hydrogen-bond donors (Lipinski definition) is 1. The van der Waals surface area contributed by atoms with Gasteiger partial charge in [-0.1, -0.05) is 17.7 Å². The van der Waals surface area contributed by atoms with Crippen LogP contribution in [0.4, 0.5) is 4.39 Å². The molecule has 2 aromatic heterocycles. The van der Waals surface area contributed by atoms with Gasteiger partial charge in [-0.15, -0.1) is 0 Å². The number of nitrogens with one attached hydrogen (secondary N) is 1. The van der Waals surface area contributed by atoms with Crippen molar-refractivity contribution >= 4 is 23.2 Å². The zero-order valence-corrected chi connectivity index (χ0v) is 11.5. The van der Waals surface area contributed by atoms with Crippen molar-refractivity contribution < 1.29 is 9.18 Å². The Kier molecular flexibility index (Phi) is 3.53. The van der Waals surface area contributed by atoms with E-state index in [9.17, 15) is 9.18 Å². The van der Waals surface area contributed by atoms with Gasteiger partial charge in [-0.25, -0.2) is 13.9 Å². The monoisotopic (exact) mass is 304 g/mol. The summed E-state index contributed by atoms with van der Waals surface area (Å²) in [5.74, 6) is -0.844. The van der Waals surface area contributed by atoms with E-state index in [1.54, 1.807) is 24.5 Å². The summed E-state index contributed by atoms with van der Waals surface area (Å²) in [6.07, 6.45) is 4.68. The SMILES string of the molecule is O=C(NCc1c(F)cccc1Cl)c1cnn2cccnc12. The maximum absolute atomic E-state index is 13.6. The fraction of sp³-hybridized carbons (Fsp3) is 0.0714. The number of nitrogens with zero attached hydrogens (tertiary/aromatic N) is 3. The summed E-state index contributed by atoms with van der Waals surface area (Å²) in [6.45, 7) is -0.00544. The molecule has 0 aliphatic heterocycles. The molecule has 0 radical (unpaired) electrons. The van der Waals surface area contributed by atoms with E-state index in [0.717, 1.165) is 0 Å². The van der Waals surface area contributed by atoms with Crippen LogP contribution in [0.15, 0.2) is 42.9 Å². The molecule has 0 atom stereocenters. The summed E-state index contributed by atoms with van der Waals surface area (Å²) in [7, 11) is 0. The van der Waals surface area contributed by atoms with Crippen molar-refractivity contribution in [2.75, 3.05) is 0 Å². The lowest BCUT2D eigenvalue weighted by Crippen LogP contribution is -2.23. The largest absolute Gasteiger partial charge is 0.348 e. The molecular formula is C14H10ClFN4O. The molecule has 21 heavy (non-hydrogen) atoms. The van der Waals surface area contributed by atoms with Crippen molar-refractivity contribution in [3.8, 4) is 0 Å². The number of carbonyl (C=O) groups excluding carboxylic acids is 1. The molecule has 3 rings (SSSR count). The highest BCUT2D eigenvalue weighted by molar-refractivity contribution is 6.31. The Labute approximate surface area is 124 Å². The van der Waals surface area contributed by atoms with Crippen LogP contribution in [-0.2, 0) is 6.54 Å². The quantitative estimate of drug-likeness (QED) is 0.808. The predicted octanol–water partition coefficient (Wildman–Crippen LogP) is 2.45. The smallest absolute Gasteiger partial charge is 0.257 e. The van der Waals surface area contributed by atoms with Gasteiger partial charge in [0.25, 0.3) is 5.91 Å². The molecule has 1 amide bonds. The second kappa shape index (κ2) is 5.49. The van der Waals surface area contributed by atoms with Crippen LogP contribution in [-0.4, -0.2) is 20.5 Å². The number of carbonyl (C=O) groups is 1. The second-order valence-corrected chi connectivity index (χ2v) is 4.74. The summed E-state index contributed by atoms with van der Waals surface area (Å²) >= 11 is 5.91. The molecule has 0 saturated carbocycles. The normalized spacial score (nSPS) is 10.8. The Morgan fingerprint density at radius 1 is 1.38 bits per heavy atom. The first-order valence-electron chi connectivity index (χ1n) is 6.16. The van der Waals surface area contributed by atoms with E-state index in [1.807, 2.05) is 0 Å². The molecule has 0 aliphatic rings. The third kappa shape index (κ3) is 2.57. The summed E-state index contributed by atoms with van der Waals surface area (Å²) in [5, 5.41) is 6.91. The highest BCUT2D eigenvalue weighted by Gasteiger charge is 2.14. The highest BCUT2D eigenvalue weighted by Crippen LogP contribution is 2.18. The summed E-state index contributed by atoms with van der Waals surface area (Å²) in [5.41, 5.74) is 1.01. The van der Waals surface area contributed by atoms with Gasteiger partial charge in [0.2, 0.25) is 0 Å². The number of rotatable bonds is 3. The summed E-state index contributed by atoms with van der Waals surface area (Å²) < 4.78 is 15.1. The second-order valence-electron chi connectivity index (χ2n) is 4.33. The van der Waals surface area contributed by atoms with Crippen LogP contribution in [0.1, 0.15) is 15.9 Å². The van der Waals surface area contributed by atoms with Crippen molar-refractivity contribution in [2.45, 2.75) is 6.54 Å². The average molecular weight is 305 g/mol. The topological polar surface area (TPSA) is 59.3 Å². The zero-order chi connectivity index (χ0) is 14.8. The average Bonchev–Trinajstić information content (AvgIpc) is 2.90. The van der Waals surface area contributed by atoms with E-state index in [0.29, 0.717) is 11.2 Å². The molecule has 3 aromatic rings. The molecular weight excluding hydrogens is 295 g/mol. The number of halogens is 2. The van der Waals surface area contributed by atoms with E-state index < -0.39 is 5.82 Å². The van der Waals surface area contributed by atoms with Gasteiger partial charge >= 0.3 is 0 Å². The number of benzene rings is 1. The van der Waals surface area contributed by atoms with Gasteiger partial charge < -0.3 is 5.32 Å². The van der Waals surface area contributed by atoms with Crippen LogP contribution < -0.4 is 5.32 Å². The minimum absolute atomic E-state index is 0.00544. The molecule has 0 bridgehead atoms. The van der Waals surface area contributed by atoms with Gasteiger partial charge in [-0.2, -0.15) is 5.10 Å². The maximum atomic E-state index is 13.6. The molecule has 0 spiro atoms. The number of aromatic nitrogens is 3. The maximum Gasteiger partial charge on any atom is 0.257 e. The number of fused-ring (bicyclic) bond motifs is 1. The minimum Gasteiger partial charge on any atom is -0.348 e. The van der Waals surface area contributed by atoms with Crippen molar-refractivity contribution in [2.24, 2.45) is 0 Å². The lowest BCUT2D eigenvalue weighted by molar-refractivity contribution is 0.0952. The molecule has 0 unspecified atom stereocenters. The Hall–Kier alpha value is -2.47. The van der Waals surface area contributed by atoms with Crippen molar-refractivity contribution in [1.82, 2.24) is 19.9 Å². The third-order valence-electron chi connectivity index (χ3n) is 3.01. The van der Waals surface area contributed by atoms with E-state index in [2.05, 4.69) is 15.4 Å². The third-order valence-corrected chi connectivity index (χ3v) is 3.37. The van der Waals surface area contributed by atoms with E-state index >= 15 is 0 Å². The fourth-order valence-electron chi connectivity index (χ4n) is 1.95. The Morgan fingerprint density at radius 2 is 2.24 bits per heavy atom. The van der Waals surface area contributed by atoms with Crippen molar-refractivity contribution in [3.05, 3.63) is 64.8 Å². The van der Waals surface area contributed by atoms with Crippen LogP contribution in [0.5, 0.6) is 0 Å². The lowest BCUT2D eigenvalue weighted by Gasteiger charge is -2.07. The number of hydrogen-bond acceptors (Lipinski definition) is 3. The van der Waals surface area contributed by atoms with Crippen molar-refractivity contribution in [1.29, 1.82) is 0 Å². The lowest BCUT2D eigenvalue weighted by atomic mass is 10.2. The van der Waals surface area contributed by atoms with E-state index in [4.69, 9.17) is 11.6 Å². The standard InChI is InChI=1S/C14H10ClFN4O/c15-11-3-1-4-12(16)9(11)7-18-14(21)10-8-19-20-6-2-5-17-13(10)20/h1-6,8H,7H2,(H,18,21). The van der Waals surface area contributed by atoms with Crippen LogP contribution in [0.2, 0.25) is 5.02 Å². The van der Waals surface area contributed by atoms with Gasteiger partial charge in [0.15, 0.2) is 5.65 Å². The molecule has 0 saturated heterocycles. The van der Waals surface area contributed by atoms with E-state index in [-0.39, 0.29) is 23.0 Å². The van der Waals surface area contributed by atoms with Gasteiger partial charge in [0.1, 0.15) is 11.4 Å². The summed E-state index contributed by atoms with van der Waals surface area (Å²) in [6, 6.07) is 6.09. The predicted molar refractivity (Wildman–Crippen MR) is 75.6 cm³/mol. The van der Waals surface area contributed by atoms with Crippen molar-refractivity contribution in [3.63, 3.8) is 0 Å². The first-order chi connectivity index (χ1) is 10.2. The van der Waals surface area contributed by atoms with Crippen LogP contribution in [0.25, 0.3) is 5.65 Å². The molecule has 1 N–H and O–H groups in total. The van der Waals surface area contributed by atoms with Crippen LogP contribution in [0, 0.1) is 5.82 Å².